The minimum atomic E-state index is -4.16. The molecule has 2 aromatic carbocycles. The molecule has 32 heavy (non-hydrogen) atoms. The van der Waals surface area contributed by atoms with Crippen LogP contribution in [0.2, 0.25) is 5.02 Å². The maximum atomic E-state index is 14.2. The van der Waals surface area contributed by atoms with Crippen LogP contribution in [0.15, 0.2) is 41.3 Å². The highest BCUT2D eigenvalue weighted by Gasteiger charge is 2.33. The highest BCUT2D eigenvalue weighted by Crippen LogP contribution is 2.32. The van der Waals surface area contributed by atoms with Gasteiger partial charge in [-0.3, -0.25) is 0 Å². The molecular weight excluding hydrogens is 460 g/mol. The molecule has 1 saturated heterocycles. The maximum Gasteiger partial charge on any atom is 0.246 e. The fourth-order valence-corrected chi connectivity index (χ4v) is 5.43. The Morgan fingerprint density at radius 3 is 2.28 bits per heavy atom. The zero-order valence-electron chi connectivity index (χ0n) is 16.9. The largest absolute Gasteiger partial charge is 0.364 e. The quantitative estimate of drug-likeness (QED) is 0.563. The Labute approximate surface area is 189 Å². The Balaban J connectivity index is 1.40. The predicted octanol–water partition coefficient (Wildman–Crippen LogP) is 3.65. The lowest BCUT2D eigenvalue weighted by atomic mass is 10.3. The van der Waals surface area contributed by atoms with Gasteiger partial charge >= 0.3 is 0 Å². The van der Waals surface area contributed by atoms with E-state index in [-0.39, 0.29) is 13.1 Å². The van der Waals surface area contributed by atoms with Crippen molar-refractivity contribution in [2.45, 2.75) is 23.8 Å². The summed E-state index contributed by atoms with van der Waals surface area (Å²) in [5.74, 6) is -0.813. The molecule has 0 amide bonds. The van der Waals surface area contributed by atoms with E-state index in [1.165, 1.54) is 4.31 Å². The highest BCUT2D eigenvalue weighted by atomic mass is 35.5. The first-order valence-corrected chi connectivity index (χ1v) is 12.1. The minimum absolute atomic E-state index is 0.119. The smallest absolute Gasteiger partial charge is 0.246 e. The normalized spacial score (nSPS) is 17.7. The molecule has 11 heteroatoms. The van der Waals surface area contributed by atoms with Gasteiger partial charge in [-0.2, -0.15) is 4.31 Å². The molecule has 168 valence electrons. The summed E-state index contributed by atoms with van der Waals surface area (Å²) in [7, 11) is -4.16. The lowest BCUT2D eigenvalue weighted by molar-refractivity contribution is 0.381. The molecule has 0 bridgehead atoms. The first-order valence-electron chi connectivity index (χ1n) is 10.3. The van der Waals surface area contributed by atoms with Gasteiger partial charge in [0.1, 0.15) is 16.5 Å². The lowest BCUT2D eigenvalue weighted by Crippen LogP contribution is -2.49. The summed E-state index contributed by atoms with van der Waals surface area (Å²) in [5.41, 5.74) is 1.53. The second-order valence-corrected chi connectivity index (χ2v) is 10.2. The number of halogens is 3. The number of piperazine rings is 1. The standard InChI is InChI=1S/C21H20ClF2N5O2S/c22-14-11-19(16(24)12-15(14)23)32(30,31)29-9-7-28(8-10-29)21-20(25-13-5-6-13)26-17-3-1-2-4-18(17)27-21/h1-4,11-13H,5-10H2,(H,25,26). The van der Waals surface area contributed by atoms with Crippen molar-refractivity contribution in [2.75, 3.05) is 36.4 Å². The molecular formula is C21H20ClF2N5O2S. The van der Waals surface area contributed by atoms with E-state index in [0.717, 1.165) is 29.9 Å². The van der Waals surface area contributed by atoms with Gasteiger partial charge in [0, 0.05) is 38.3 Å². The van der Waals surface area contributed by atoms with E-state index in [4.69, 9.17) is 21.6 Å². The van der Waals surface area contributed by atoms with Crippen LogP contribution in [-0.2, 0) is 10.0 Å². The summed E-state index contributed by atoms with van der Waals surface area (Å²) in [6.07, 6.45) is 2.15. The summed E-state index contributed by atoms with van der Waals surface area (Å²) in [6.45, 7) is 0.937. The average Bonchev–Trinajstić information content (AvgIpc) is 3.60. The molecule has 0 spiro atoms. The topological polar surface area (TPSA) is 78.4 Å². The summed E-state index contributed by atoms with van der Waals surface area (Å²) in [4.78, 5) is 10.9. The fourth-order valence-electron chi connectivity index (χ4n) is 3.71. The van der Waals surface area contributed by atoms with Crippen molar-refractivity contribution < 1.29 is 17.2 Å². The lowest BCUT2D eigenvalue weighted by Gasteiger charge is -2.35. The summed E-state index contributed by atoms with van der Waals surface area (Å²) in [6, 6.07) is 9.26. The number of hydrogen-bond donors (Lipinski definition) is 1. The molecule has 3 aromatic rings. The number of nitrogens with one attached hydrogen (secondary N) is 1. The van der Waals surface area contributed by atoms with Crippen molar-refractivity contribution in [3.05, 3.63) is 53.1 Å². The van der Waals surface area contributed by atoms with Gasteiger partial charge in [0.05, 0.1) is 16.1 Å². The van der Waals surface area contributed by atoms with Crippen LogP contribution in [0.1, 0.15) is 12.8 Å². The summed E-state index contributed by atoms with van der Waals surface area (Å²) >= 11 is 5.69. The molecule has 2 heterocycles. The number of sulfonamides is 1. The van der Waals surface area contributed by atoms with Crippen molar-refractivity contribution in [1.82, 2.24) is 14.3 Å². The van der Waals surface area contributed by atoms with Crippen molar-refractivity contribution in [3.8, 4) is 0 Å². The van der Waals surface area contributed by atoms with Crippen LogP contribution in [-0.4, -0.2) is 54.9 Å². The number of aromatic nitrogens is 2. The number of hydrogen-bond acceptors (Lipinski definition) is 6. The van der Waals surface area contributed by atoms with Gasteiger partial charge in [-0.15, -0.1) is 0 Å². The Morgan fingerprint density at radius 1 is 0.969 bits per heavy atom. The van der Waals surface area contributed by atoms with Crippen LogP contribution in [0.25, 0.3) is 11.0 Å². The van der Waals surface area contributed by atoms with E-state index in [9.17, 15) is 17.2 Å². The third-order valence-corrected chi connectivity index (χ3v) is 7.80. The van der Waals surface area contributed by atoms with Crippen LogP contribution in [0.4, 0.5) is 20.4 Å². The Bertz CT molecular complexity index is 1290. The molecule has 0 unspecified atom stereocenters. The molecule has 1 N–H and O–H groups in total. The first kappa shape index (κ1) is 21.3. The number of fused-ring (bicyclic) bond motifs is 1. The SMILES string of the molecule is O=S(=O)(c1cc(Cl)c(F)cc1F)N1CCN(c2nc3ccccc3nc2NC2CC2)CC1. The van der Waals surface area contributed by atoms with Gasteiger partial charge in [-0.05, 0) is 31.0 Å². The van der Waals surface area contributed by atoms with E-state index in [0.29, 0.717) is 36.8 Å². The molecule has 7 nitrogen and oxygen atoms in total. The highest BCUT2D eigenvalue weighted by molar-refractivity contribution is 7.89. The Kier molecular flexibility index (Phi) is 5.39. The van der Waals surface area contributed by atoms with Crippen molar-refractivity contribution in [2.24, 2.45) is 0 Å². The van der Waals surface area contributed by atoms with E-state index >= 15 is 0 Å². The van der Waals surface area contributed by atoms with E-state index < -0.39 is 31.6 Å². The Morgan fingerprint density at radius 2 is 1.62 bits per heavy atom. The Hall–Kier alpha value is -2.56. The molecule has 5 rings (SSSR count). The molecule has 1 aromatic heterocycles. The monoisotopic (exact) mass is 479 g/mol. The van der Waals surface area contributed by atoms with Gasteiger partial charge in [0.15, 0.2) is 11.6 Å². The second kappa shape index (κ2) is 8.09. The molecule has 1 aliphatic carbocycles. The zero-order chi connectivity index (χ0) is 22.5. The summed E-state index contributed by atoms with van der Waals surface area (Å²) in [5, 5.41) is 2.97. The van der Waals surface area contributed by atoms with Crippen molar-refractivity contribution >= 4 is 44.3 Å². The van der Waals surface area contributed by atoms with Gasteiger partial charge in [-0.1, -0.05) is 23.7 Å². The first-order chi connectivity index (χ1) is 15.3. The third kappa shape index (κ3) is 3.98. The second-order valence-electron chi connectivity index (χ2n) is 7.89. The average molecular weight is 480 g/mol. The van der Waals surface area contributed by atoms with Crippen LogP contribution in [0.5, 0.6) is 0 Å². The van der Waals surface area contributed by atoms with E-state index in [1.54, 1.807) is 0 Å². The summed E-state index contributed by atoms with van der Waals surface area (Å²) < 4.78 is 54.8. The third-order valence-electron chi connectivity index (χ3n) is 5.60. The van der Waals surface area contributed by atoms with E-state index in [1.807, 2.05) is 29.2 Å². The van der Waals surface area contributed by atoms with Gasteiger partial charge < -0.3 is 10.2 Å². The molecule has 2 fully saturated rings. The molecule has 0 atom stereocenters. The minimum Gasteiger partial charge on any atom is -0.364 e. The number of rotatable bonds is 5. The number of benzene rings is 2. The molecule has 1 saturated carbocycles. The molecule has 2 aliphatic rings. The molecule has 0 radical (unpaired) electrons. The van der Waals surface area contributed by atoms with Crippen molar-refractivity contribution in [3.63, 3.8) is 0 Å². The van der Waals surface area contributed by atoms with Crippen LogP contribution in [0.3, 0.4) is 0 Å². The van der Waals surface area contributed by atoms with Crippen molar-refractivity contribution in [1.29, 1.82) is 0 Å². The predicted molar refractivity (Wildman–Crippen MR) is 119 cm³/mol. The zero-order valence-corrected chi connectivity index (χ0v) is 18.5. The number of anilines is 2. The maximum absolute atomic E-state index is 14.2. The van der Waals surface area contributed by atoms with Crippen LogP contribution >= 0.6 is 11.6 Å². The number of para-hydroxylation sites is 2. The van der Waals surface area contributed by atoms with Crippen LogP contribution < -0.4 is 10.2 Å². The molecule has 1 aliphatic heterocycles. The number of nitrogens with zero attached hydrogens (tertiary/aromatic N) is 4. The fraction of sp³-hybridized carbons (Fsp3) is 0.333. The van der Waals surface area contributed by atoms with Gasteiger partial charge in [-0.25, -0.2) is 27.2 Å². The van der Waals surface area contributed by atoms with Gasteiger partial charge in [0.2, 0.25) is 10.0 Å². The van der Waals surface area contributed by atoms with E-state index in [2.05, 4.69) is 5.32 Å². The van der Waals surface area contributed by atoms with Gasteiger partial charge in [0.25, 0.3) is 0 Å². The van der Waals surface area contributed by atoms with Crippen LogP contribution in [0, 0.1) is 11.6 Å².